The average molecular weight is 255 g/mol. The van der Waals surface area contributed by atoms with Crippen LogP contribution < -0.4 is 10.5 Å². The molecule has 2 N–H and O–H groups in total. The van der Waals surface area contributed by atoms with Gasteiger partial charge in [-0.3, -0.25) is 4.68 Å². The summed E-state index contributed by atoms with van der Waals surface area (Å²) in [5.74, 6) is 0.716. The van der Waals surface area contributed by atoms with Crippen LogP contribution in [0.5, 0.6) is 5.75 Å². The summed E-state index contributed by atoms with van der Waals surface area (Å²) in [6.07, 6.45) is 2.53. The van der Waals surface area contributed by atoms with Crippen molar-refractivity contribution in [3.63, 3.8) is 0 Å². The monoisotopic (exact) mass is 255 g/mol. The number of nitrogens with two attached hydrogens (primary N) is 1. The standard InChI is InChI=1S/C13H25N3O2/c1-7-13(4,18-6)12(14)11-10(17-5)8-15-16(11)9(2)3/h8-9,12H,7,14H2,1-6H3. The molecule has 0 spiro atoms. The normalized spacial score (nSPS) is 16.7. The largest absolute Gasteiger partial charge is 0.493 e. The van der Waals surface area contributed by atoms with Gasteiger partial charge in [-0.2, -0.15) is 5.10 Å². The molecule has 0 saturated carbocycles. The highest BCUT2D eigenvalue weighted by atomic mass is 16.5. The second kappa shape index (κ2) is 5.71. The highest BCUT2D eigenvalue weighted by Crippen LogP contribution is 2.35. The Labute approximate surface area is 109 Å². The fraction of sp³-hybridized carbons (Fsp3) is 0.769. The number of nitrogens with zero attached hydrogens (tertiary/aromatic N) is 2. The van der Waals surface area contributed by atoms with Gasteiger partial charge in [-0.25, -0.2) is 0 Å². The second-order valence-corrected chi connectivity index (χ2v) is 4.98. The molecule has 0 aliphatic rings. The molecule has 18 heavy (non-hydrogen) atoms. The van der Waals surface area contributed by atoms with Crippen molar-refractivity contribution < 1.29 is 9.47 Å². The van der Waals surface area contributed by atoms with E-state index in [1.807, 2.05) is 11.6 Å². The smallest absolute Gasteiger partial charge is 0.161 e. The Hall–Kier alpha value is -1.07. The number of methoxy groups -OCH3 is 2. The topological polar surface area (TPSA) is 62.3 Å². The average Bonchev–Trinajstić information content (AvgIpc) is 2.80. The third-order valence-corrected chi connectivity index (χ3v) is 3.63. The van der Waals surface area contributed by atoms with Gasteiger partial charge in [-0.1, -0.05) is 6.92 Å². The van der Waals surface area contributed by atoms with Crippen molar-refractivity contribution in [2.24, 2.45) is 5.73 Å². The van der Waals surface area contributed by atoms with Crippen molar-refractivity contribution in [1.82, 2.24) is 9.78 Å². The van der Waals surface area contributed by atoms with Crippen LogP contribution in [0.3, 0.4) is 0 Å². The van der Waals surface area contributed by atoms with Gasteiger partial charge in [0.2, 0.25) is 0 Å². The molecule has 5 heteroatoms. The summed E-state index contributed by atoms with van der Waals surface area (Å²) in [6, 6.07) is -0.0553. The summed E-state index contributed by atoms with van der Waals surface area (Å²) in [5.41, 5.74) is 6.85. The molecule has 0 saturated heterocycles. The van der Waals surface area contributed by atoms with Crippen molar-refractivity contribution in [2.75, 3.05) is 14.2 Å². The zero-order chi connectivity index (χ0) is 13.9. The van der Waals surface area contributed by atoms with Crippen LogP contribution in [0.2, 0.25) is 0 Å². The van der Waals surface area contributed by atoms with E-state index in [4.69, 9.17) is 15.2 Å². The molecule has 2 unspecified atom stereocenters. The van der Waals surface area contributed by atoms with Crippen LogP contribution in [0.4, 0.5) is 0 Å². The summed E-state index contributed by atoms with van der Waals surface area (Å²) in [7, 11) is 3.32. The molecule has 0 fully saturated rings. The number of hydrogen-bond donors (Lipinski definition) is 1. The van der Waals surface area contributed by atoms with Gasteiger partial charge in [0.05, 0.1) is 24.9 Å². The zero-order valence-corrected chi connectivity index (χ0v) is 12.2. The van der Waals surface area contributed by atoms with E-state index in [0.29, 0.717) is 5.75 Å². The van der Waals surface area contributed by atoms with E-state index >= 15 is 0 Å². The third-order valence-electron chi connectivity index (χ3n) is 3.63. The maximum Gasteiger partial charge on any atom is 0.161 e. The SMILES string of the molecule is CCC(C)(OC)C(N)c1c(OC)cnn1C(C)C. The van der Waals surface area contributed by atoms with E-state index in [1.165, 1.54) is 0 Å². The Bertz CT molecular complexity index is 384. The summed E-state index contributed by atoms with van der Waals surface area (Å²) in [6.45, 7) is 8.21. The van der Waals surface area contributed by atoms with E-state index in [0.717, 1.165) is 12.1 Å². The van der Waals surface area contributed by atoms with Gasteiger partial charge in [0.15, 0.2) is 5.75 Å². The first-order valence-electron chi connectivity index (χ1n) is 6.33. The number of ether oxygens (including phenoxy) is 2. The van der Waals surface area contributed by atoms with Gasteiger partial charge < -0.3 is 15.2 Å². The minimum Gasteiger partial charge on any atom is -0.493 e. The molecule has 1 heterocycles. The summed E-state index contributed by atoms with van der Waals surface area (Å²) < 4.78 is 12.8. The third kappa shape index (κ3) is 2.52. The van der Waals surface area contributed by atoms with E-state index in [-0.39, 0.29) is 12.1 Å². The lowest BCUT2D eigenvalue weighted by Crippen LogP contribution is -2.41. The minimum absolute atomic E-state index is 0.230. The van der Waals surface area contributed by atoms with Crippen LogP contribution in [-0.4, -0.2) is 29.6 Å². The second-order valence-electron chi connectivity index (χ2n) is 4.98. The Kier molecular flexibility index (Phi) is 4.76. The molecular formula is C13H25N3O2. The first kappa shape index (κ1) is 15.0. The Morgan fingerprint density at radius 2 is 2.06 bits per heavy atom. The molecular weight excluding hydrogens is 230 g/mol. The van der Waals surface area contributed by atoms with E-state index in [2.05, 4.69) is 25.9 Å². The number of aromatic nitrogens is 2. The van der Waals surface area contributed by atoms with E-state index < -0.39 is 5.60 Å². The van der Waals surface area contributed by atoms with Crippen LogP contribution in [0.15, 0.2) is 6.20 Å². The Balaban J connectivity index is 3.25. The molecule has 0 aliphatic carbocycles. The molecule has 5 nitrogen and oxygen atoms in total. The predicted octanol–water partition coefficient (Wildman–Crippen LogP) is 2.29. The van der Waals surface area contributed by atoms with Crippen molar-refractivity contribution in [3.8, 4) is 5.75 Å². The maximum atomic E-state index is 6.39. The van der Waals surface area contributed by atoms with Crippen LogP contribution in [0, 0.1) is 0 Å². The molecule has 1 rings (SSSR count). The fourth-order valence-electron chi connectivity index (χ4n) is 2.00. The molecule has 0 amide bonds. The highest BCUT2D eigenvalue weighted by molar-refractivity contribution is 5.30. The summed E-state index contributed by atoms with van der Waals surface area (Å²) >= 11 is 0. The summed E-state index contributed by atoms with van der Waals surface area (Å²) in [5, 5.41) is 4.35. The molecule has 0 bridgehead atoms. The molecule has 1 aromatic rings. The molecule has 104 valence electrons. The van der Waals surface area contributed by atoms with Crippen molar-refractivity contribution >= 4 is 0 Å². The van der Waals surface area contributed by atoms with Gasteiger partial charge in [-0.05, 0) is 27.2 Å². The quantitative estimate of drug-likeness (QED) is 0.847. The lowest BCUT2D eigenvalue weighted by Gasteiger charge is -2.34. The van der Waals surface area contributed by atoms with Gasteiger partial charge in [0.1, 0.15) is 5.69 Å². The first-order chi connectivity index (χ1) is 8.41. The fourth-order valence-corrected chi connectivity index (χ4v) is 2.00. The zero-order valence-electron chi connectivity index (χ0n) is 12.2. The number of hydrogen-bond acceptors (Lipinski definition) is 4. The van der Waals surface area contributed by atoms with Crippen LogP contribution in [0.25, 0.3) is 0 Å². The van der Waals surface area contributed by atoms with Crippen molar-refractivity contribution in [1.29, 1.82) is 0 Å². The lowest BCUT2D eigenvalue weighted by atomic mass is 9.91. The van der Waals surface area contributed by atoms with E-state index in [9.17, 15) is 0 Å². The van der Waals surface area contributed by atoms with Gasteiger partial charge in [0, 0.05) is 13.2 Å². The van der Waals surface area contributed by atoms with Gasteiger partial charge >= 0.3 is 0 Å². The summed E-state index contributed by atoms with van der Waals surface area (Å²) in [4.78, 5) is 0. The van der Waals surface area contributed by atoms with Crippen molar-refractivity contribution in [3.05, 3.63) is 11.9 Å². The molecule has 1 aromatic heterocycles. The predicted molar refractivity (Wildman–Crippen MR) is 71.8 cm³/mol. The maximum absolute atomic E-state index is 6.39. The molecule has 0 aromatic carbocycles. The highest BCUT2D eigenvalue weighted by Gasteiger charge is 2.35. The molecule has 0 radical (unpaired) electrons. The van der Waals surface area contributed by atoms with Crippen LogP contribution in [0.1, 0.15) is 51.9 Å². The minimum atomic E-state index is -0.431. The number of rotatable bonds is 6. The van der Waals surface area contributed by atoms with Gasteiger partial charge in [-0.15, -0.1) is 0 Å². The van der Waals surface area contributed by atoms with Crippen LogP contribution in [-0.2, 0) is 4.74 Å². The molecule has 0 aliphatic heterocycles. The molecule has 2 atom stereocenters. The first-order valence-corrected chi connectivity index (χ1v) is 6.33. The Morgan fingerprint density at radius 3 is 2.44 bits per heavy atom. The van der Waals surface area contributed by atoms with Crippen molar-refractivity contribution in [2.45, 2.75) is 51.8 Å². The van der Waals surface area contributed by atoms with Gasteiger partial charge in [0.25, 0.3) is 0 Å². The van der Waals surface area contributed by atoms with E-state index in [1.54, 1.807) is 20.4 Å². The Morgan fingerprint density at radius 1 is 1.44 bits per heavy atom. The van der Waals surface area contributed by atoms with Crippen LogP contribution >= 0.6 is 0 Å². The lowest BCUT2D eigenvalue weighted by molar-refractivity contribution is -0.0222.